The Labute approximate surface area is 167 Å². The summed E-state index contributed by atoms with van der Waals surface area (Å²) in [5, 5.41) is 15.7. The summed E-state index contributed by atoms with van der Waals surface area (Å²) in [7, 11) is 0. The number of aromatic nitrogens is 3. The summed E-state index contributed by atoms with van der Waals surface area (Å²) in [4.78, 5) is 22.5. The van der Waals surface area contributed by atoms with Gasteiger partial charge in [0.2, 0.25) is 5.89 Å². The van der Waals surface area contributed by atoms with Crippen LogP contribution in [0.25, 0.3) is 11.3 Å². The molecule has 0 radical (unpaired) electrons. The summed E-state index contributed by atoms with van der Waals surface area (Å²) in [6.07, 6.45) is 4.11. The SMILES string of the molecule is O=[N+]([O-])c1ccc(N2CCC(c3noc(C4CC4)n3)CC2)nc1-c1ccccc1. The maximum absolute atomic E-state index is 11.5. The average Bonchev–Trinajstić information content (AvgIpc) is 3.50. The zero-order valence-corrected chi connectivity index (χ0v) is 15.9. The fourth-order valence-electron chi connectivity index (χ4n) is 3.85. The van der Waals surface area contributed by atoms with E-state index in [1.807, 2.05) is 30.3 Å². The number of piperidine rings is 1. The number of hydrogen-bond acceptors (Lipinski definition) is 7. The zero-order chi connectivity index (χ0) is 19.8. The van der Waals surface area contributed by atoms with Crippen LogP contribution < -0.4 is 4.90 Å². The third-order valence-electron chi connectivity index (χ3n) is 5.67. The average molecular weight is 391 g/mol. The number of rotatable bonds is 5. The predicted octanol–water partition coefficient (Wildman–Crippen LogP) is 4.30. The maximum Gasteiger partial charge on any atom is 0.295 e. The Balaban J connectivity index is 1.34. The highest BCUT2D eigenvalue weighted by Gasteiger charge is 2.32. The van der Waals surface area contributed by atoms with Gasteiger partial charge in [0, 0.05) is 36.6 Å². The molecule has 148 valence electrons. The van der Waals surface area contributed by atoms with Crippen molar-refractivity contribution in [1.29, 1.82) is 0 Å². The first kappa shape index (κ1) is 17.8. The molecule has 8 heteroatoms. The second-order valence-corrected chi connectivity index (χ2v) is 7.69. The van der Waals surface area contributed by atoms with E-state index < -0.39 is 0 Å². The molecule has 0 N–H and O–H groups in total. The molecule has 0 spiro atoms. The highest BCUT2D eigenvalue weighted by atomic mass is 16.6. The molecule has 0 unspecified atom stereocenters. The van der Waals surface area contributed by atoms with Crippen molar-refractivity contribution < 1.29 is 9.45 Å². The smallest absolute Gasteiger partial charge is 0.295 e. The van der Waals surface area contributed by atoms with Crippen molar-refractivity contribution >= 4 is 11.5 Å². The van der Waals surface area contributed by atoms with Gasteiger partial charge in [-0.15, -0.1) is 0 Å². The quantitative estimate of drug-likeness (QED) is 0.472. The number of anilines is 1. The summed E-state index contributed by atoms with van der Waals surface area (Å²) in [5.74, 6) is 3.12. The van der Waals surface area contributed by atoms with Gasteiger partial charge in [-0.05, 0) is 31.7 Å². The van der Waals surface area contributed by atoms with Gasteiger partial charge in [-0.25, -0.2) is 4.98 Å². The Morgan fingerprint density at radius 2 is 1.72 bits per heavy atom. The lowest BCUT2D eigenvalue weighted by Gasteiger charge is -2.31. The van der Waals surface area contributed by atoms with Crippen LogP contribution in [-0.2, 0) is 0 Å². The molecule has 3 aromatic rings. The molecule has 1 aliphatic heterocycles. The molecule has 0 amide bonds. The minimum absolute atomic E-state index is 0.0224. The van der Waals surface area contributed by atoms with Crippen LogP contribution in [0.4, 0.5) is 11.5 Å². The van der Waals surface area contributed by atoms with Gasteiger partial charge in [-0.1, -0.05) is 35.5 Å². The molecule has 1 saturated carbocycles. The van der Waals surface area contributed by atoms with Crippen molar-refractivity contribution in [3.05, 3.63) is 64.3 Å². The Kier molecular flexibility index (Phi) is 4.46. The van der Waals surface area contributed by atoms with Crippen LogP contribution in [0.2, 0.25) is 0 Å². The van der Waals surface area contributed by atoms with E-state index in [0.717, 1.165) is 61.9 Å². The van der Waals surface area contributed by atoms with Gasteiger partial charge in [0.1, 0.15) is 5.82 Å². The van der Waals surface area contributed by atoms with Crippen molar-refractivity contribution in [2.45, 2.75) is 37.5 Å². The maximum atomic E-state index is 11.5. The van der Waals surface area contributed by atoms with Crippen molar-refractivity contribution in [2.75, 3.05) is 18.0 Å². The third-order valence-corrected chi connectivity index (χ3v) is 5.67. The summed E-state index contributed by atoms with van der Waals surface area (Å²) < 4.78 is 5.40. The molecule has 8 nitrogen and oxygen atoms in total. The molecule has 1 aliphatic carbocycles. The lowest BCUT2D eigenvalue weighted by molar-refractivity contribution is -0.384. The van der Waals surface area contributed by atoms with Gasteiger partial charge in [-0.3, -0.25) is 10.1 Å². The van der Waals surface area contributed by atoms with Crippen LogP contribution >= 0.6 is 0 Å². The first-order valence-electron chi connectivity index (χ1n) is 9.98. The van der Waals surface area contributed by atoms with E-state index in [1.165, 1.54) is 0 Å². The fraction of sp³-hybridized carbons (Fsp3) is 0.381. The first-order chi connectivity index (χ1) is 14.2. The zero-order valence-electron chi connectivity index (χ0n) is 15.9. The molecule has 0 atom stereocenters. The topological polar surface area (TPSA) is 98.2 Å². The lowest BCUT2D eigenvalue weighted by Crippen LogP contribution is -2.33. The molecule has 1 saturated heterocycles. The summed E-state index contributed by atoms with van der Waals surface area (Å²) in [6.45, 7) is 1.61. The van der Waals surface area contributed by atoms with Gasteiger partial charge >= 0.3 is 0 Å². The molecule has 2 fully saturated rings. The Morgan fingerprint density at radius 3 is 2.41 bits per heavy atom. The van der Waals surface area contributed by atoms with Crippen molar-refractivity contribution in [2.24, 2.45) is 0 Å². The Hall–Kier alpha value is -3.29. The number of benzene rings is 1. The fourth-order valence-corrected chi connectivity index (χ4v) is 3.85. The monoisotopic (exact) mass is 391 g/mol. The molecule has 2 aliphatic rings. The lowest BCUT2D eigenvalue weighted by atomic mass is 9.96. The van der Waals surface area contributed by atoms with E-state index in [1.54, 1.807) is 12.1 Å². The van der Waals surface area contributed by atoms with E-state index in [2.05, 4.69) is 20.0 Å². The normalized spacial score (nSPS) is 17.4. The van der Waals surface area contributed by atoms with Crippen LogP contribution in [0.5, 0.6) is 0 Å². The number of nitro groups is 1. The number of hydrogen-bond donors (Lipinski definition) is 0. The van der Waals surface area contributed by atoms with E-state index in [4.69, 9.17) is 4.52 Å². The van der Waals surface area contributed by atoms with Gasteiger partial charge in [0.05, 0.1) is 4.92 Å². The summed E-state index contributed by atoms with van der Waals surface area (Å²) in [5.41, 5.74) is 1.17. The summed E-state index contributed by atoms with van der Waals surface area (Å²) in [6, 6.07) is 12.6. The van der Waals surface area contributed by atoms with Gasteiger partial charge in [0.15, 0.2) is 11.5 Å². The van der Waals surface area contributed by atoms with Gasteiger partial charge in [0.25, 0.3) is 5.69 Å². The van der Waals surface area contributed by atoms with E-state index in [-0.39, 0.29) is 16.5 Å². The van der Waals surface area contributed by atoms with Crippen LogP contribution in [0.1, 0.15) is 49.2 Å². The molecule has 2 aromatic heterocycles. The molecule has 1 aromatic carbocycles. The molecular weight excluding hydrogens is 370 g/mol. The minimum Gasteiger partial charge on any atom is -0.357 e. The number of nitrogens with zero attached hydrogens (tertiary/aromatic N) is 5. The molecule has 5 rings (SSSR count). The second-order valence-electron chi connectivity index (χ2n) is 7.69. The van der Waals surface area contributed by atoms with Crippen LogP contribution in [0.3, 0.4) is 0 Å². The second kappa shape index (κ2) is 7.27. The predicted molar refractivity (Wildman–Crippen MR) is 107 cm³/mol. The van der Waals surface area contributed by atoms with Crippen LogP contribution in [-0.4, -0.2) is 33.1 Å². The minimum atomic E-state index is -0.376. The first-order valence-corrected chi connectivity index (χ1v) is 9.98. The standard InChI is InChI=1S/C21H21N5O3/c27-26(28)17-8-9-18(22-19(17)14-4-2-1-3-5-14)25-12-10-15(11-13-25)20-23-21(29-24-20)16-6-7-16/h1-5,8-9,15-16H,6-7,10-13H2. The highest BCUT2D eigenvalue weighted by molar-refractivity contribution is 5.71. The van der Waals surface area contributed by atoms with Crippen LogP contribution in [0, 0.1) is 10.1 Å². The highest BCUT2D eigenvalue weighted by Crippen LogP contribution is 2.40. The van der Waals surface area contributed by atoms with E-state index >= 15 is 0 Å². The largest absolute Gasteiger partial charge is 0.357 e. The molecule has 29 heavy (non-hydrogen) atoms. The van der Waals surface area contributed by atoms with Crippen LogP contribution in [0.15, 0.2) is 47.0 Å². The molecule has 3 heterocycles. The number of pyridine rings is 1. The van der Waals surface area contributed by atoms with E-state index in [9.17, 15) is 10.1 Å². The van der Waals surface area contributed by atoms with Crippen molar-refractivity contribution in [1.82, 2.24) is 15.1 Å². The van der Waals surface area contributed by atoms with E-state index in [0.29, 0.717) is 11.6 Å². The molecular formula is C21H21N5O3. The van der Waals surface area contributed by atoms with Gasteiger partial charge < -0.3 is 9.42 Å². The third kappa shape index (κ3) is 3.57. The molecule has 0 bridgehead atoms. The Bertz CT molecular complexity index is 1020. The van der Waals surface area contributed by atoms with Crippen molar-refractivity contribution in [3.8, 4) is 11.3 Å². The Morgan fingerprint density at radius 1 is 0.966 bits per heavy atom. The summed E-state index contributed by atoms with van der Waals surface area (Å²) >= 11 is 0. The van der Waals surface area contributed by atoms with Crippen molar-refractivity contribution in [3.63, 3.8) is 0 Å². The van der Waals surface area contributed by atoms with Gasteiger partial charge in [-0.2, -0.15) is 4.98 Å².